The Kier molecular flexibility index (Phi) is 4.05. The van der Waals surface area contributed by atoms with Crippen molar-refractivity contribution >= 4 is 15.9 Å². The molecule has 0 N–H and O–H groups in total. The summed E-state index contributed by atoms with van der Waals surface area (Å²) in [5.41, 5.74) is 2.86. The normalized spacial score (nSPS) is 23.6. The Morgan fingerprint density at radius 2 is 1.94 bits per heavy atom. The number of halogens is 1. The van der Waals surface area contributed by atoms with Gasteiger partial charge in [0.2, 0.25) is 0 Å². The molecule has 0 atom stereocenters. The van der Waals surface area contributed by atoms with Crippen LogP contribution in [0.2, 0.25) is 0 Å². The predicted octanol–water partition coefficient (Wildman–Crippen LogP) is 4.85. The summed E-state index contributed by atoms with van der Waals surface area (Å²) >= 11 is 3.61. The van der Waals surface area contributed by atoms with Crippen LogP contribution in [0.3, 0.4) is 0 Å². The van der Waals surface area contributed by atoms with Crippen molar-refractivity contribution in [3.8, 4) is 5.75 Å². The van der Waals surface area contributed by atoms with Gasteiger partial charge in [0.15, 0.2) is 0 Å². The highest BCUT2D eigenvalue weighted by Crippen LogP contribution is 2.37. The maximum absolute atomic E-state index is 6.15. The molecule has 0 radical (unpaired) electrons. The highest BCUT2D eigenvalue weighted by atomic mass is 79.9. The van der Waals surface area contributed by atoms with Crippen LogP contribution in [0.1, 0.15) is 51.7 Å². The molecular weight excluding hydrogens is 288 g/mol. The molecule has 1 fully saturated rings. The molecule has 100 valence electrons. The lowest BCUT2D eigenvalue weighted by Crippen LogP contribution is -2.34. The van der Waals surface area contributed by atoms with Gasteiger partial charge < -0.3 is 4.74 Å². The van der Waals surface area contributed by atoms with Crippen LogP contribution < -0.4 is 4.74 Å². The van der Waals surface area contributed by atoms with Gasteiger partial charge in [-0.3, -0.25) is 0 Å². The highest BCUT2D eigenvalue weighted by Gasteiger charge is 2.30. The van der Waals surface area contributed by atoms with Crippen molar-refractivity contribution in [2.75, 3.05) is 0 Å². The van der Waals surface area contributed by atoms with Crippen LogP contribution in [0.25, 0.3) is 0 Å². The Balaban J connectivity index is 2.22. The third-order valence-corrected chi connectivity index (χ3v) is 4.34. The molecule has 0 spiro atoms. The minimum atomic E-state index is 0.137. The Hall–Kier alpha value is -0.500. The van der Waals surface area contributed by atoms with Gasteiger partial charge in [-0.05, 0) is 41.9 Å². The van der Waals surface area contributed by atoms with E-state index in [9.17, 15) is 0 Å². The minimum Gasteiger partial charge on any atom is -0.490 e. The van der Waals surface area contributed by atoms with Crippen LogP contribution in [0.5, 0.6) is 5.75 Å². The molecule has 1 aromatic rings. The summed E-state index contributed by atoms with van der Waals surface area (Å²) in [6.07, 6.45) is 3.72. The maximum Gasteiger partial charge on any atom is 0.123 e. The molecule has 0 heterocycles. The second-order valence-corrected chi connectivity index (χ2v) is 7.54. The van der Waals surface area contributed by atoms with Gasteiger partial charge in [-0.1, -0.05) is 55.8 Å². The summed E-state index contributed by atoms with van der Waals surface area (Å²) in [4.78, 5) is 0.649. The zero-order chi connectivity index (χ0) is 13.3. The zero-order valence-electron chi connectivity index (χ0n) is 11.8. The van der Waals surface area contributed by atoms with Crippen molar-refractivity contribution in [2.24, 2.45) is 0 Å². The summed E-state index contributed by atoms with van der Waals surface area (Å²) < 4.78 is 6.15. The summed E-state index contributed by atoms with van der Waals surface area (Å²) in [5, 5.41) is 0. The smallest absolute Gasteiger partial charge is 0.123 e. The van der Waals surface area contributed by atoms with E-state index in [-0.39, 0.29) is 5.41 Å². The molecule has 1 aliphatic rings. The van der Waals surface area contributed by atoms with E-state index in [2.05, 4.69) is 61.8 Å². The first-order chi connectivity index (χ1) is 8.40. The molecule has 0 amide bonds. The monoisotopic (exact) mass is 310 g/mol. The standard InChI is InChI=1S/C16H23BrO/c1-5-11-6-7-15(14(8-11)16(2,3)4)18-13-9-12(17)10-13/h6-8,12-13H,5,9-10H2,1-4H3. The number of benzene rings is 1. The van der Waals surface area contributed by atoms with Crippen molar-refractivity contribution < 1.29 is 4.74 Å². The molecule has 0 aliphatic heterocycles. The summed E-state index contributed by atoms with van der Waals surface area (Å²) in [7, 11) is 0. The third-order valence-electron chi connectivity index (χ3n) is 3.59. The molecule has 1 nitrogen and oxygen atoms in total. The van der Waals surface area contributed by atoms with E-state index in [1.165, 1.54) is 11.1 Å². The number of hydrogen-bond acceptors (Lipinski definition) is 1. The number of hydrogen-bond donors (Lipinski definition) is 0. The van der Waals surface area contributed by atoms with Gasteiger partial charge in [-0.15, -0.1) is 0 Å². The lowest BCUT2D eigenvalue weighted by molar-refractivity contribution is 0.125. The van der Waals surface area contributed by atoms with Crippen molar-refractivity contribution in [3.63, 3.8) is 0 Å². The van der Waals surface area contributed by atoms with E-state index >= 15 is 0 Å². The third kappa shape index (κ3) is 3.09. The Labute approximate surface area is 119 Å². The largest absolute Gasteiger partial charge is 0.490 e. The molecule has 2 rings (SSSR count). The predicted molar refractivity (Wildman–Crippen MR) is 80.9 cm³/mol. The first-order valence-electron chi connectivity index (χ1n) is 6.84. The van der Waals surface area contributed by atoms with E-state index in [0.717, 1.165) is 25.0 Å². The quantitative estimate of drug-likeness (QED) is 0.725. The lowest BCUT2D eigenvalue weighted by atomic mass is 9.85. The van der Waals surface area contributed by atoms with Crippen LogP contribution >= 0.6 is 15.9 Å². The number of ether oxygens (including phenoxy) is 1. The van der Waals surface area contributed by atoms with Gasteiger partial charge in [0.25, 0.3) is 0 Å². The van der Waals surface area contributed by atoms with Crippen LogP contribution in [-0.4, -0.2) is 10.9 Å². The first kappa shape index (κ1) is 13.9. The van der Waals surface area contributed by atoms with Crippen LogP contribution in [0.4, 0.5) is 0 Å². The van der Waals surface area contributed by atoms with E-state index in [4.69, 9.17) is 4.74 Å². The van der Waals surface area contributed by atoms with Gasteiger partial charge in [0, 0.05) is 4.83 Å². The second kappa shape index (κ2) is 5.24. The zero-order valence-corrected chi connectivity index (χ0v) is 13.4. The minimum absolute atomic E-state index is 0.137. The number of alkyl halides is 1. The molecule has 0 bridgehead atoms. The fourth-order valence-corrected chi connectivity index (χ4v) is 3.10. The van der Waals surface area contributed by atoms with Crippen molar-refractivity contribution in [1.29, 1.82) is 0 Å². The Bertz CT molecular complexity index is 414. The molecule has 2 heteroatoms. The highest BCUT2D eigenvalue weighted by molar-refractivity contribution is 9.09. The summed E-state index contributed by atoms with van der Waals surface area (Å²) in [6.45, 7) is 8.96. The summed E-state index contributed by atoms with van der Waals surface area (Å²) in [6, 6.07) is 6.65. The van der Waals surface area contributed by atoms with E-state index in [1.54, 1.807) is 0 Å². The van der Waals surface area contributed by atoms with Gasteiger partial charge in [0.1, 0.15) is 11.9 Å². The lowest BCUT2D eigenvalue weighted by Gasteiger charge is -2.34. The Morgan fingerprint density at radius 1 is 1.28 bits per heavy atom. The van der Waals surface area contributed by atoms with Crippen LogP contribution in [-0.2, 0) is 11.8 Å². The van der Waals surface area contributed by atoms with E-state index in [1.807, 2.05) is 0 Å². The van der Waals surface area contributed by atoms with E-state index in [0.29, 0.717) is 10.9 Å². The molecule has 0 saturated heterocycles. The van der Waals surface area contributed by atoms with Crippen molar-refractivity contribution in [2.45, 2.75) is 63.3 Å². The second-order valence-electron chi connectivity index (χ2n) is 6.24. The maximum atomic E-state index is 6.15. The van der Waals surface area contributed by atoms with E-state index < -0.39 is 0 Å². The SMILES string of the molecule is CCc1ccc(OC2CC(Br)C2)c(C(C)(C)C)c1. The Morgan fingerprint density at radius 3 is 2.44 bits per heavy atom. The van der Waals surface area contributed by atoms with Crippen LogP contribution in [0.15, 0.2) is 18.2 Å². The molecule has 1 aliphatic carbocycles. The molecule has 18 heavy (non-hydrogen) atoms. The topological polar surface area (TPSA) is 9.23 Å². The molecule has 0 unspecified atom stereocenters. The summed E-state index contributed by atoms with van der Waals surface area (Å²) in [5.74, 6) is 1.07. The fraction of sp³-hybridized carbons (Fsp3) is 0.625. The molecular formula is C16H23BrO. The van der Waals surface area contributed by atoms with Gasteiger partial charge in [0.05, 0.1) is 0 Å². The van der Waals surface area contributed by atoms with Gasteiger partial charge >= 0.3 is 0 Å². The van der Waals surface area contributed by atoms with Gasteiger partial charge in [-0.25, -0.2) is 0 Å². The van der Waals surface area contributed by atoms with Crippen LogP contribution in [0, 0.1) is 0 Å². The average molecular weight is 311 g/mol. The van der Waals surface area contributed by atoms with Crippen molar-refractivity contribution in [1.82, 2.24) is 0 Å². The number of aryl methyl sites for hydroxylation is 1. The number of rotatable bonds is 3. The average Bonchev–Trinajstić information content (AvgIpc) is 2.26. The molecule has 1 aromatic carbocycles. The van der Waals surface area contributed by atoms with Gasteiger partial charge in [-0.2, -0.15) is 0 Å². The molecule has 0 aromatic heterocycles. The first-order valence-corrected chi connectivity index (χ1v) is 7.76. The fourth-order valence-electron chi connectivity index (χ4n) is 2.26. The molecule has 1 saturated carbocycles. The van der Waals surface area contributed by atoms with Crippen molar-refractivity contribution in [3.05, 3.63) is 29.3 Å².